The van der Waals surface area contributed by atoms with Crippen molar-refractivity contribution in [3.63, 3.8) is 0 Å². The number of nitrogens with one attached hydrogen (secondary N) is 1. The summed E-state index contributed by atoms with van der Waals surface area (Å²) in [7, 11) is 0. The minimum atomic E-state index is -0.520. The molecule has 0 radical (unpaired) electrons. The second-order valence-corrected chi connectivity index (χ2v) is 6.30. The van der Waals surface area contributed by atoms with Crippen molar-refractivity contribution in [1.29, 1.82) is 0 Å². The molecule has 2 heterocycles. The number of nitrogens with zero attached hydrogens (tertiary/aromatic N) is 3. The number of hydrogen-bond donors (Lipinski definition) is 1. The fourth-order valence-corrected chi connectivity index (χ4v) is 3.01. The molecule has 0 saturated heterocycles. The topological polar surface area (TPSA) is 89.5 Å². The van der Waals surface area contributed by atoms with Gasteiger partial charge in [-0.1, -0.05) is 29.3 Å². The van der Waals surface area contributed by atoms with Crippen LogP contribution >= 0.6 is 23.2 Å². The molecule has 9 heteroatoms. The molecule has 2 aromatic heterocycles. The summed E-state index contributed by atoms with van der Waals surface area (Å²) >= 11 is 12.1. The van der Waals surface area contributed by atoms with E-state index in [2.05, 4.69) is 10.3 Å². The third-order valence-electron chi connectivity index (χ3n) is 3.71. The molecule has 25 heavy (non-hydrogen) atoms. The molecule has 0 saturated carbocycles. The van der Waals surface area contributed by atoms with Crippen LogP contribution in [0.25, 0.3) is 5.65 Å². The summed E-state index contributed by atoms with van der Waals surface area (Å²) in [6, 6.07) is 5.80. The molecule has 0 bridgehead atoms. The van der Waals surface area contributed by atoms with Crippen molar-refractivity contribution in [3.8, 4) is 0 Å². The number of non-ortho nitro benzene ring substituents is 1. The highest BCUT2D eigenvalue weighted by Gasteiger charge is 2.20. The summed E-state index contributed by atoms with van der Waals surface area (Å²) in [5.41, 5.74) is 2.06. The highest BCUT2D eigenvalue weighted by atomic mass is 35.5. The average molecular weight is 379 g/mol. The van der Waals surface area contributed by atoms with Crippen molar-refractivity contribution < 1.29 is 9.72 Å². The van der Waals surface area contributed by atoms with E-state index in [0.717, 1.165) is 0 Å². The maximum Gasteiger partial charge on any atom is 0.274 e. The first-order valence-corrected chi connectivity index (χ1v) is 7.93. The Kier molecular flexibility index (Phi) is 4.36. The summed E-state index contributed by atoms with van der Waals surface area (Å²) in [5.74, 6) is -0.466. The number of hydrogen-bond acceptors (Lipinski definition) is 4. The van der Waals surface area contributed by atoms with Crippen molar-refractivity contribution in [1.82, 2.24) is 9.38 Å². The number of carbonyl (C=O) groups excluding carboxylic acids is 1. The monoisotopic (exact) mass is 378 g/mol. The van der Waals surface area contributed by atoms with Crippen LogP contribution < -0.4 is 5.32 Å². The zero-order valence-corrected chi connectivity index (χ0v) is 14.7. The quantitative estimate of drug-likeness (QED) is 0.539. The van der Waals surface area contributed by atoms with Crippen LogP contribution in [0.5, 0.6) is 0 Å². The van der Waals surface area contributed by atoms with E-state index in [9.17, 15) is 14.9 Å². The second-order valence-electron chi connectivity index (χ2n) is 5.46. The van der Waals surface area contributed by atoms with Crippen LogP contribution in [0.15, 0.2) is 30.5 Å². The van der Waals surface area contributed by atoms with Crippen LogP contribution in [0.4, 0.5) is 11.4 Å². The third-order valence-corrected chi connectivity index (χ3v) is 4.20. The summed E-state index contributed by atoms with van der Waals surface area (Å²) < 4.78 is 1.50. The van der Waals surface area contributed by atoms with Gasteiger partial charge in [0.15, 0.2) is 5.65 Å². The average Bonchev–Trinajstić information content (AvgIpc) is 2.85. The minimum Gasteiger partial charge on any atom is -0.320 e. The molecular formula is C16H12Cl2N4O3. The number of carbonyl (C=O) groups is 1. The number of nitro groups is 1. The van der Waals surface area contributed by atoms with Gasteiger partial charge in [0.05, 0.1) is 26.3 Å². The normalized spacial score (nSPS) is 10.9. The van der Waals surface area contributed by atoms with E-state index in [1.807, 2.05) is 0 Å². The van der Waals surface area contributed by atoms with Crippen LogP contribution in [0, 0.1) is 24.0 Å². The highest BCUT2D eigenvalue weighted by Crippen LogP contribution is 2.26. The summed E-state index contributed by atoms with van der Waals surface area (Å²) in [4.78, 5) is 27.4. The Balaban J connectivity index is 2.05. The van der Waals surface area contributed by atoms with Crippen molar-refractivity contribution in [3.05, 3.63) is 67.6 Å². The third kappa shape index (κ3) is 3.16. The van der Waals surface area contributed by atoms with Crippen LogP contribution in [-0.2, 0) is 0 Å². The number of nitro benzene ring substituents is 1. The number of fused-ring (bicyclic) bond motifs is 1. The number of benzene rings is 1. The van der Waals surface area contributed by atoms with Gasteiger partial charge in [-0.05, 0) is 25.5 Å². The van der Waals surface area contributed by atoms with Gasteiger partial charge in [-0.2, -0.15) is 0 Å². The molecule has 0 atom stereocenters. The Hall–Kier alpha value is -2.64. The van der Waals surface area contributed by atoms with Gasteiger partial charge in [0, 0.05) is 18.3 Å². The Labute approximate surface area is 152 Å². The van der Waals surface area contributed by atoms with Crippen molar-refractivity contribution in [2.75, 3.05) is 5.32 Å². The van der Waals surface area contributed by atoms with E-state index < -0.39 is 10.8 Å². The molecule has 0 aliphatic carbocycles. The van der Waals surface area contributed by atoms with Crippen molar-refractivity contribution in [2.24, 2.45) is 0 Å². The van der Waals surface area contributed by atoms with Crippen LogP contribution in [0.3, 0.4) is 0 Å². The molecule has 7 nitrogen and oxygen atoms in total. The second kappa shape index (κ2) is 6.34. The predicted octanol–water partition coefficient (Wildman–Crippen LogP) is 4.42. The lowest BCUT2D eigenvalue weighted by molar-refractivity contribution is -0.384. The number of amides is 1. The maximum atomic E-state index is 12.7. The van der Waals surface area contributed by atoms with Gasteiger partial charge in [-0.25, -0.2) is 4.98 Å². The first-order valence-electron chi connectivity index (χ1n) is 7.18. The molecule has 1 amide bonds. The Morgan fingerprint density at radius 1 is 1.28 bits per heavy atom. The number of pyridine rings is 1. The molecule has 0 unspecified atom stereocenters. The highest BCUT2D eigenvalue weighted by molar-refractivity contribution is 6.36. The molecule has 0 aliphatic heterocycles. The van der Waals surface area contributed by atoms with E-state index in [1.54, 1.807) is 19.9 Å². The summed E-state index contributed by atoms with van der Waals surface area (Å²) in [6.07, 6.45) is 1.54. The molecule has 3 rings (SSSR count). The fourth-order valence-electron chi connectivity index (χ4n) is 2.50. The molecule has 3 aromatic rings. The predicted molar refractivity (Wildman–Crippen MR) is 95.7 cm³/mol. The number of halogens is 2. The van der Waals surface area contributed by atoms with Gasteiger partial charge >= 0.3 is 0 Å². The molecular weight excluding hydrogens is 367 g/mol. The fraction of sp³-hybridized carbons (Fsp3) is 0.125. The molecule has 128 valence electrons. The van der Waals surface area contributed by atoms with E-state index in [0.29, 0.717) is 32.6 Å². The molecule has 1 aromatic carbocycles. The van der Waals surface area contributed by atoms with E-state index in [-0.39, 0.29) is 11.4 Å². The molecule has 0 aliphatic rings. The first kappa shape index (κ1) is 17.2. The number of aromatic nitrogens is 2. The summed E-state index contributed by atoms with van der Waals surface area (Å²) in [5, 5.41) is 14.3. The number of rotatable bonds is 3. The van der Waals surface area contributed by atoms with Gasteiger partial charge in [0.1, 0.15) is 5.69 Å². The smallest absolute Gasteiger partial charge is 0.274 e. The van der Waals surface area contributed by atoms with Crippen LogP contribution in [0.1, 0.15) is 21.7 Å². The number of anilines is 1. The maximum absolute atomic E-state index is 12.7. The number of imidazole rings is 1. The largest absolute Gasteiger partial charge is 0.320 e. The standard InChI is InChI=1S/C16H12Cl2N4O3/c1-8-3-4-11(22(24)25)6-13(8)20-16(23)14-9(2)19-15-12(18)5-10(17)7-21(14)15/h3-7H,1-2H3,(H,20,23). The SMILES string of the molecule is Cc1ccc([N+](=O)[O-])cc1NC(=O)c1c(C)nc2c(Cl)cc(Cl)cn12. The minimum absolute atomic E-state index is 0.109. The first-order chi connectivity index (χ1) is 11.8. The lowest BCUT2D eigenvalue weighted by atomic mass is 10.1. The molecule has 1 N–H and O–H groups in total. The zero-order valence-electron chi connectivity index (χ0n) is 13.2. The zero-order chi connectivity index (χ0) is 18.3. The summed E-state index contributed by atoms with van der Waals surface area (Å²) in [6.45, 7) is 3.42. The molecule has 0 fully saturated rings. The van der Waals surface area contributed by atoms with Crippen molar-refractivity contribution >= 4 is 46.1 Å². The van der Waals surface area contributed by atoms with E-state index >= 15 is 0 Å². The van der Waals surface area contributed by atoms with Crippen LogP contribution in [0.2, 0.25) is 10.0 Å². The van der Waals surface area contributed by atoms with Crippen LogP contribution in [-0.4, -0.2) is 20.2 Å². The number of aryl methyl sites for hydroxylation is 2. The van der Waals surface area contributed by atoms with Gasteiger partial charge in [-0.15, -0.1) is 0 Å². The van der Waals surface area contributed by atoms with E-state index in [4.69, 9.17) is 23.2 Å². The van der Waals surface area contributed by atoms with Crippen molar-refractivity contribution in [2.45, 2.75) is 13.8 Å². The molecule has 0 spiro atoms. The van der Waals surface area contributed by atoms with Gasteiger partial charge in [0.25, 0.3) is 11.6 Å². The lowest BCUT2D eigenvalue weighted by Gasteiger charge is -2.09. The van der Waals surface area contributed by atoms with Gasteiger partial charge in [-0.3, -0.25) is 19.3 Å². The van der Waals surface area contributed by atoms with E-state index in [1.165, 1.54) is 28.8 Å². The Morgan fingerprint density at radius 3 is 2.68 bits per heavy atom. The lowest BCUT2D eigenvalue weighted by Crippen LogP contribution is -2.16. The van der Waals surface area contributed by atoms with Gasteiger partial charge < -0.3 is 5.32 Å². The Morgan fingerprint density at radius 2 is 2.00 bits per heavy atom. The van der Waals surface area contributed by atoms with Gasteiger partial charge in [0.2, 0.25) is 0 Å². The Bertz CT molecular complexity index is 1030.